The maximum absolute atomic E-state index is 12.7. The molecule has 0 saturated carbocycles. The molecule has 0 aromatic carbocycles. The van der Waals surface area contributed by atoms with E-state index in [4.69, 9.17) is 5.73 Å². The van der Waals surface area contributed by atoms with Crippen LogP contribution in [-0.2, 0) is 17.6 Å². The normalized spacial score (nSPS) is 20.4. The summed E-state index contributed by atoms with van der Waals surface area (Å²) in [5.41, 5.74) is 9.48. The fourth-order valence-corrected chi connectivity index (χ4v) is 4.08. The van der Waals surface area contributed by atoms with Gasteiger partial charge in [0.1, 0.15) is 12.1 Å². The van der Waals surface area contributed by atoms with Crippen LogP contribution in [0.1, 0.15) is 36.2 Å². The molecule has 1 saturated heterocycles. The lowest BCUT2D eigenvalue weighted by molar-refractivity contribution is -0.132. The third-order valence-corrected chi connectivity index (χ3v) is 5.62. The fourth-order valence-electron chi connectivity index (χ4n) is 4.08. The Kier molecular flexibility index (Phi) is 5.03. The van der Waals surface area contributed by atoms with Crippen LogP contribution in [0.25, 0.3) is 0 Å². The zero-order chi connectivity index (χ0) is 18.8. The van der Waals surface area contributed by atoms with Crippen molar-refractivity contribution in [2.24, 2.45) is 5.73 Å². The van der Waals surface area contributed by atoms with Crippen LogP contribution in [0.4, 0.5) is 5.82 Å². The van der Waals surface area contributed by atoms with Gasteiger partial charge in [-0.3, -0.25) is 9.78 Å². The fraction of sp³-hybridized carbons (Fsp3) is 0.500. The van der Waals surface area contributed by atoms with Gasteiger partial charge in [0.05, 0.1) is 6.04 Å². The van der Waals surface area contributed by atoms with E-state index in [2.05, 4.69) is 26.8 Å². The lowest BCUT2D eigenvalue weighted by atomic mass is 10.1. The Bertz CT molecular complexity index is 803. The molecule has 27 heavy (non-hydrogen) atoms. The summed E-state index contributed by atoms with van der Waals surface area (Å²) in [6, 6.07) is 5.14. The summed E-state index contributed by atoms with van der Waals surface area (Å²) >= 11 is 0. The predicted octanol–water partition coefficient (Wildman–Crippen LogP) is 1.14. The van der Waals surface area contributed by atoms with Crippen LogP contribution in [0.2, 0.25) is 0 Å². The van der Waals surface area contributed by atoms with Crippen molar-refractivity contribution in [1.29, 1.82) is 0 Å². The quantitative estimate of drug-likeness (QED) is 0.873. The van der Waals surface area contributed by atoms with E-state index in [1.54, 1.807) is 12.5 Å². The summed E-state index contributed by atoms with van der Waals surface area (Å²) in [5.74, 6) is 1.55. The molecule has 1 unspecified atom stereocenters. The molecule has 1 fully saturated rings. The largest absolute Gasteiger partial charge is 0.353 e. The van der Waals surface area contributed by atoms with Crippen LogP contribution in [-0.4, -0.2) is 58.0 Å². The van der Waals surface area contributed by atoms with Crippen molar-refractivity contribution in [2.75, 3.05) is 31.1 Å². The van der Waals surface area contributed by atoms with E-state index in [1.165, 1.54) is 11.3 Å². The van der Waals surface area contributed by atoms with E-state index in [0.717, 1.165) is 37.4 Å². The first kappa shape index (κ1) is 17.9. The monoisotopic (exact) mass is 366 g/mol. The minimum atomic E-state index is -0.547. The van der Waals surface area contributed by atoms with E-state index in [1.807, 2.05) is 23.1 Å². The van der Waals surface area contributed by atoms with Crippen LogP contribution in [0, 0.1) is 0 Å². The van der Waals surface area contributed by atoms with E-state index in [9.17, 15) is 4.79 Å². The number of aryl methyl sites for hydroxylation is 1. The Morgan fingerprint density at radius 3 is 2.78 bits per heavy atom. The smallest absolute Gasteiger partial charge is 0.240 e. The highest BCUT2D eigenvalue weighted by atomic mass is 16.2. The maximum Gasteiger partial charge on any atom is 0.240 e. The predicted molar refractivity (Wildman–Crippen MR) is 103 cm³/mol. The van der Waals surface area contributed by atoms with Gasteiger partial charge in [0, 0.05) is 55.7 Å². The van der Waals surface area contributed by atoms with E-state index in [-0.39, 0.29) is 5.91 Å². The number of hydrogen-bond donors (Lipinski definition) is 1. The highest BCUT2D eigenvalue weighted by Crippen LogP contribution is 2.37. The zero-order valence-corrected chi connectivity index (χ0v) is 15.7. The van der Waals surface area contributed by atoms with Gasteiger partial charge in [0.15, 0.2) is 0 Å². The molecule has 2 aliphatic rings. The first-order valence-electron chi connectivity index (χ1n) is 9.66. The number of nitrogens with zero attached hydrogens (tertiary/aromatic N) is 5. The zero-order valence-electron chi connectivity index (χ0n) is 15.7. The number of anilines is 1. The second kappa shape index (κ2) is 7.60. The Labute approximate surface area is 159 Å². The van der Waals surface area contributed by atoms with Gasteiger partial charge in [0.2, 0.25) is 5.91 Å². The second-order valence-corrected chi connectivity index (χ2v) is 7.44. The third-order valence-electron chi connectivity index (χ3n) is 5.62. The highest BCUT2D eigenvalue weighted by Gasteiger charge is 2.30. The summed E-state index contributed by atoms with van der Waals surface area (Å²) in [4.78, 5) is 30.1. The molecule has 1 amide bonds. The molecule has 142 valence electrons. The number of amides is 1. The molecule has 0 spiro atoms. The van der Waals surface area contributed by atoms with Crippen LogP contribution in [0.3, 0.4) is 0 Å². The van der Waals surface area contributed by atoms with Crippen LogP contribution in [0.15, 0.2) is 30.7 Å². The van der Waals surface area contributed by atoms with Gasteiger partial charge < -0.3 is 15.5 Å². The molecule has 4 rings (SSSR count). The average molecular weight is 366 g/mol. The number of piperazine rings is 1. The number of rotatable bonds is 4. The SMILES string of the molecule is C[C@@H]1CCc2ncnc(N3CCN(C(=O)C(N)Cc4ccccn4)CC3)c21. The molecule has 1 aliphatic heterocycles. The van der Waals surface area contributed by atoms with Crippen LogP contribution < -0.4 is 10.6 Å². The van der Waals surface area contributed by atoms with Gasteiger partial charge in [0.25, 0.3) is 0 Å². The third kappa shape index (κ3) is 3.64. The minimum absolute atomic E-state index is 0.00147. The van der Waals surface area contributed by atoms with Crippen molar-refractivity contribution in [3.05, 3.63) is 47.7 Å². The molecule has 7 heteroatoms. The molecule has 2 N–H and O–H groups in total. The number of pyridine rings is 1. The Morgan fingerprint density at radius 2 is 2.04 bits per heavy atom. The number of carbonyl (C=O) groups is 1. The lowest BCUT2D eigenvalue weighted by Crippen LogP contribution is -2.54. The van der Waals surface area contributed by atoms with Gasteiger partial charge in [-0.05, 0) is 30.9 Å². The lowest BCUT2D eigenvalue weighted by Gasteiger charge is -2.37. The van der Waals surface area contributed by atoms with Crippen molar-refractivity contribution in [2.45, 2.75) is 38.1 Å². The average Bonchev–Trinajstić information content (AvgIpc) is 3.09. The van der Waals surface area contributed by atoms with E-state index < -0.39 is 6.04 Å². The number of aromatic nitrogens is 3. The van der Waals surface area contributed by atoms with Crippen molar-refractivity contribution < 1.29 is 4.79 Å². The summed E-state index contributed by atoms with van der Waals surface area (Å²) < 4.78 is 0. The molecule has 0 radical (unpaired) electrons. The maximum atomic E-state index is 12.7. The summed E-state index contributed by atoms with van der Waals surface area (Å²) in [5, 5.41) is 0. The van der Waals surface area contributed by atoms with Crippen LogP contribution in [0.5, 0.6) is 0 Å². The Hall–Kier alpha value is -2.54. The molecule has 2 atom stereocenters. The molecular weight excluding hydrogens is 340 g/mol. The molecule has 0 bridgehead atoms. The first-order chi connectivity index (χ1) is 13.1. The molecular formula is C20H26N6O. The second-order valence-electron chi connectivity index (χ2n) is 7.44. The standard InChI is InChI=1S/C20H26N6O/c1-14-5-6-17-18(14)19(24-13-23-17)25-8-10-26(11-9-25)20(27)16(21)12-15-4-2-3-7-22-15/h2-4,7,13-14,16H,5-6,8-12,21H2,1H3/t14-,16?/m1/s1. The number of fused-ring (bicyclic) bond motifs is 1. The van der Waals surface area contributed by atoms with Crippen molar-refractivity contribution in [1.82, 2.24) is 19.9 Å². The molecule has 3 heterocycles. The highest BCUT2D eigenvalue weighted by molar-refractivity contribution is 5.82. The molecule has 2 aromatic heterocycles. The summed E-state index contributed by atoms with van der Waals surface area (Å²) in [7, 11) is 0. The number of hydrogen-bond acceptors (Lipinski definition) is 6. The Morgan fingerprint density at radius 1 is 1.22 bits per heavy atom. The van der Waals surface area contributed by atoms with Crippen molar-refractivity contribution in [3.63, 3.8) is 0 Å². The van der Waals surface area contributed by atoms with Gasteiger partial charge in [-0.1, -0.05) is 13.0 Å². The van der Waals surface area contributed by atoms with Crippen molar-refractivity contribution in [3.8, 4) is 0 Å². The summed E-state index contributed by atoms with van der Waals surface area (Å²) in [6.45, 7) is 5.13. The summed E-state index contributed by atoms with van der Waals surface area (Å²) in [6.07, 6.45) is 6.05. The Balaban J connectivity index is 1.38. The van der Waals surface area contributed by atoms with Gasteiger partial charge in [-0.15, -0.1) is 0 Å². The molecule has 1 aliphatic carbocycles. The number of carbonyl (C=O) groups excluding carboxylic acids is 1. The van der Waals surface area contributed by atoms with Gasteiger partial charge in [-0.2, -0.15) is 0 Å². The molecule has 7 nitrogen and oxygen atoms in total. The van der Waals surface area contributed by atoms with Gasteiger partial charge in [-0.25, -0.2) is 9.97 Å². The van der Waals surface area contributed by atoms with Crippen LogP contribution >= 0.6 is 0 Å². The van der Waals surface area contributed by atoms with Crippen molar-refractivity contribution >= 4 is 11.7 Å². The molecule has 2 aromatic rings. The van der Waals surface area contributed by atoms with Gasteiger partial charge >= 0.3 is 0 Å². The minimum Gasteiger partial charge on any atom is -0.353 e. The number of nitrogens with two attached hydrogens (primary N) is 1. The van der Waals surface area contributed by atoms with E-state index >= 15 is 0 Å². The first-order valence-corrected chi connectivity index (χ1v) is 9.66. The van der Waals surface area contributed by atoms with E-state index in [0.29, 0.717) is 25.4 Å². The topological polar surface area (TPSA) is 88.2 Å².